The molecule has 1 amide bonds. The van der Waals surface area contributed by atoms with Gasteiger partial charge >= 0.3 is 0 Å². The second kappa shape index (κ2) is 4.13. The highest BCUT2D eigenvalue weighted by atomic mass is 16.1. The van der Waals surface area contributed by atoms with Crippen molar-refractivity contribution >= 4 is 5.91 Å². The fourth-order valence-electron chi connectivity index (χ4n) is 1.72. The van der Waals surface area contributed by atoms with E-state index in [0.717, 1.165) is 19.3 Å². The molecule has 0 aromatic carbocycles. The first-order valence-corrected chi connectivity index (χ1v) is 4.25. The Bertz CT molecular complexity index is 207. The highest BCUT2D eigenvalue weighted by Gasteiger charge is 2.26. The molecule has 2 atom stereocenters. The van der Waals surface area contributed by atoms with E-state index in [1.807, 2.05) is 5.92 Å². The van der Waals surface area contributed by atoms with Gasteiger partial charge in [-0.3, -0.25) is 4.79 Å². The molecule has 1 aliphatic carbocycles. The lowest BCUT2D eigenvalue weighted by molar-refractivity contribution is -0.116. The normalized spacial score (nSPS) is 28.0. The lowest BCUT2D eigenvalue weighted by Gasteiger charge is -2.17. The summed E-state index contributed by atoms with van der Waals surface area (Å²) in [6.07, 6.45) is 8.19. The molecule has 1 rings (SSSR count). The Morgan fingerprint density at radius 1 is 1.67 bits per heavy atom. The third-order valence-electron chi connectivity index (χ3n) is 2.41. The van der Waals surface area contributed by atoms with Crippen molar-refractivity contribution in [1.29, 1.82) is 0 Å². The number of amides is 1. The maximum Gasteiger partial charge on any atom is 0.295 e. The number of carbonyl (C=O) groups excluding carboxylic acids is 1. The third-order valence-corrected chi connectivity index (χ3v) is 2.41. The molecule has 2 unspecified atom stereocenters. The molecule has 0 aliphatic heterocycles. The molecule has 0 radical (unpaired) electrons. The van der Waals surface area contributed by atoms with Crippen LogP contribution in [0.25, 0.3) is 0 Å². The van der Waals surface area contributed by atoms with E-state index >= 15 is 0 Å². The highest BCUT2D eigenvalue weighted by molar-refractivity contribution is 5.93. The number of carbonyl (C=O) groups is 1. The van der Waals surface area contributed by atoms with E-state index in [0.29, 0.717) is 12.5 Å². The lowest BCUT2D eigenvalue weighted by atomic mass is 10.0. The smallest absolute Gasteiger partial charge is 0.295 e. The summed E-state index contributed by atoms with van der Waals surface area (Å²) >= 11 is 0. The molecule has 3 heteroatoms. The van der Waals surface area contributed by atoms with Crippen molar-refractivity contribution in [3.05, 3.63) is 0 Å². The largest absolute Gasteiger partial charge is 0.342 e. The van der Waals surface area contributed by atoms with Crippen molar-refractivity contribution in [1.82, 2.24) is 5.32 Å². The molecule has 12 heavy (non-hydrogen) atoms. The van der Waals surface area contributed by atoms with Gasteiger partial charge in [0, 0.05) is 6.04 Å². The van der Waals surface area contributed by atoms with Crippen molar-refractivity contribution < 1.29 is 4.79 Å². The number of nitrogens with two attached hydrogens (primary N) is 1. The van der Waals surface area contributed by atoms with Gasteiger partial charge in [-0.15, -0.1) is 6.42 Å². The molecule has 66 valence electrons. The van der Waals surface area contributed by atoms with Crippen LogP contribution in [0.2, 0.25) is 0 Å². The fraction of sp³-hybridized carbons (Fsp3) is 0.667. The van der Waals surface area contributed by atoms with E-state index in [-0.39, 0.29) is 11.9 Å². The van der Waals surface area contributed by atoms with E-state index in [1.165, 1.54) is 0 Å². The van der Waals surface area contributed by atoms with Gasteiger partial charge in [0.1, 0.15) is 0 Å². The first-order valence-electron chi connectivity index (χ1n) is 4.25. The number of hydrogen-bond donors (Lipinski definition) is 2. The maximum absolute atomic E-state index is 10.8. The Hall–Kier alpha value is -1.01. The second-order valence-corrected chi connectivity index (χ2v) is 3.15. The van der Waals surface area contributed by atoms with Gasteiger partial charge in [-0.05, 0) is 31.2 Å². The van der Waals surface area contributed by atoms with Gasteiger partial charge in [-0.2, -0.15) is 0 Å². The van der Waals surface area contributed by atoms with Crippen LogP contribution in [0, 0.1) is 18.3 Å². The Balaban J connectivity index is 2.41. The first-order chi connectivity index (χ1) is 5.77. The predicted molar refractivity (Wildman–Crippen MR) is 47.2 cm³/mol. The zero-order valence-electron chi connectivity index (χ0n) is 7.05. The van der Waals surface area contributed by atoms with Crippen LogP contribution in [0.5, 0.6) is 0 Å². The van der Waals surface area contributed by atoms with Gasteiger partial charge < -0.3 is 11.1 Å². The van der Waals surface area contributed by atoms with Gasteiger partial charge in [-0.25, -0.2) is 0 Å². The third kappa shape index (κ3) is 1.99. The number of nitrogens with one attached hydrogen (secondary N) is 1. The van der Waals surface area contributed by atoms with Gasteiger partial charge in [-0.1, -0.05) is 6.42 Å². The average molecular weight is 166 g/mol. The second-order valence-electron chi connectivity index (χ2n) is 3.15. The summed E-state index contributed by atoms with van der Waals surface area (Å²) in [6.45, 7) is 0.634. The van der Waals surface area contributed by atoms with E-state index in [2.05, 4.69) is 5.32 Å². The Labute approximate surface area is 72.7 Å². The zero-order chi connectivity index (χ0) is 8.97. The molecule has 0 heterocycles. The number of hydrogen-bond acceptors (Lipinski definition) is 2. The summed E-state index contributed by atoms with van der Waals surface area (Å²) in [6, 6.07) is 0.207. The zero-order valence-corrected chi connectivity index (χ0v) is 7.05. The van der Waals surface area contributed by atoms with Crippen LogP contribution in [-0.2, 0) is 4.79 Å². The molecule has 0 bridgehead atoms. The molecule has 3 N–H and O–H groups in total. The van der Waals surface area contributed by atoms with E-state index in [4.69, 9.17) is 12.2 Å². The van der Waals surface area contributed by atoms with Crippen LogP contribution < -0.4 is 11.1 Å². The summed E-state index contributed by atoms with van der Waals surface area (Å²) in [5, 5.41) is 2.77. The summed E-state index contributed by atoms with van der Waals surface area (Å²) in [7, 11) is 0. The topological polar surface area (TPSA) is 55.1 Å². The minimum atomic E-state index is -0.319. The van der Waals surface area contributed by atoms with E-state index in [9.17, 15) is 4.79 Å². The molecule has 1 saturated carbocycles. The van der Waals surface area contributed by atoms with Gasteiger partial charge in [0.25, 0.3) is 5.91 Å². The summed E-state index contributed by atoms with van der Waals surface area (Å²) in [4.78, 5) is 10.8. The van der Waals surface area contributed by atoms with Crippen molar-refractivity contribution in [2.45, 2.75) is 25.3 Å². The molecular formula is C9H14N2O. The van der Waals surface area contributed by atoms with Crippen LogP contribution in [0.15, 0.2) is 0 Å². The molecular weight excluding hydrogens is 152 g/mol. The minimum Gasteiger partial charge on any atom is -0.342 e. The van der Waals surface area contributed by atoms with Crippen LogP contribution >= 0.6 is 0 Å². The standard InChI is InChI=1S/C9H14N2O/c1-2-9(12)11-8-5-3-4-7(8)6-10/h1,7-8H,3-6,10H2,(H,11,12). The monoisotopic (exact) mass is 166 g/mol. The Morgan fingerprint density at radius 3 is 3.00 bits per heavy atom. The predicted octanol–water partition coefficient (Wildman–Crippen LogP) is -0.137. The van der Waals surface area contributed by atoms with Gasteiger partial charge in [0.15, 0.2) is 0 Å². The molecule has 0 spiro atoms. The molecule has 3 nitrogen and oxygen atoms in total. The number of terminal acetylenes is 1. The molecule has 0 aromatic rings. The first kappa shape index (κ1) is 9.08. The lowest BCUT2D eigenvalue weighted by Crippen LogP contribution is -2.39. The van der Waals surface area contributed by atoms with Crippen LogP contribution in [0.4, 0.5) is 0 Å². The molecule has 0 aromatic heterocycles. The Kier molecular flexibility index (Phi) is 3.12. The van der Waals surface area contributed by atoms with E-state index in [1.54, 1.807) is 0 Å². The molecule has 1 fully saturated rings. The SMILES string of the molecule is C#CC(=O)NC1CCCC1CN. The summed E-state index contributed by atoms with van der Waals surface area (Å²) < 4.78 is 0. The maximum atomic E-state index is 10.8. The summed E-state index contributed by atoms with van der Waals surface area (Å²) in [5.41, 5.74) is 5.54. The fourth-order valence-corrected chi connectivity index (χ4v) is 1.72. The molecule has 0 saturated heterocycles. The Morgan fingerprint density at radius 2 is 2.42 bits per heavy atom. The van der Waals surface area contributed by atoms with Gasteiger partial charge in [0.05, 0.1) is 0 Å². The average Bonchev–Trinajstić information content (AvgIpc) is 2.51. The van der Waals surface area contributed by atoms with Crippen LogP contribution in [-0.4, -0.2) is 18.5 Å². The van der Waals surface area contributed by atoms with E-state index < -0.39 is 0 Å². The quantitative estimate of drug-likeness (QED) is 0.561. The van der Waals surface area contributed by atoms with Crippen molar-refractivity contribution in [3.8, 4) is 12.3 Å². The number of rotatable bonds is 2. The summed E-state index contributed by atoms with van der Waals surface area (Å²) in [5.74, 6) is 2.15. The highest BCUT2D eigenvalue weighted by Crippen LogP contribution is 2.24. The van der Waals surface area contributed by atoms with Crippen molar-refractivity contribution in [2.75, 3.05) is 6.54 Å². The molecule has 1 aliphatic rings. The van der Waals surface area contributed by atoms with Crippen molar-refractivity contribution in [3.63, 3.8) is 0 Å². The van der Waals surface area contributed by atoms with Crippen LogP contribution in [0.1, 0.15) is 19.3 Å². The van der Waals surface area contributed by atoms with Crippen molar-refractivity contribution in [2.24, 2.45) is 11.7 Å². The van der Waals surface area contributed by atoms with Crippen LogP contribution in [0.3, 0.4) is 0 Å². The van der Waals surface area contributed by atoms with Gasteiger partial charge in [0.2, 0.25) is 0 Å². The minimum absolute atomic E-state index is 0.207.